The first-order valence-electron chi connectivity index (χ1n) is 7.94. The SMILES string of the molecule is CSc1nc2nc(C)c(CC(=O)N(C)Cc3sccc3C)c(C)n2n1. The Morgan fingerprint density at radius 2 is 2.08 bits per heavy atom. The molecule has 1 amide bonds. The lowest BCUT2D eigenvalue weighted by atomic mass is 10.1. The number of hydrogen-bond donors (Lipinski definition) is 0. The van der Waals surface area contributed by atoms with Crippen molar-refractivity contribution in [3.63, 3.8) is 0 Å². The molecule has 0 saturated heterocycles. The van der Waals surface area contributed by atoms with Gasteiger partial charge in [0.15, 0.2) is 0 Å². The predicted octanol–water partition coefficient (Wildman–Crippen LogP) is 3.03. The fraction of sp³-hybridized carbons (Fsp3) is 0.412. The maximum Gasteiger partial charge on any atom is 0.253 e. The van der Waals surface area contributed by atoms with Gasteiger partial charge in [-0.3, -0.25) is 4.79 Å². The van der Waals surface area contributed by atoms with Gasteiger partial charge in [0.05, 0.1) is 13.0 Å². The lowest BCUT2D eigenvalue weighted by Crippen LogP contribution is -2.28. The molecule has 3 aromatic rings. The lowest BCUT2D eigenvalue weighted by Gasteiger charge is -2.18. The molecule has 0 fully saturated rings. The first-order valence-corrected chi connectivity index (χ1v) is 10.0. The van der Waals surface area contributed by atoms with Crippen LogP contribution in [-0.4, -0.2) is 43.7 Å². The van der Waals surface area contributed by atoms with E-state index in [4.69, 9.17) is 0 Å². The van der Waals surface area contributed by atoms with E-state index in [2.05, 4.69) is 33.4 Å². The van der Waals surface area contributed by atoms with Gasteiger partial charge in [0.25, 0.3) is 5.78 Å². The van der Waals surface area contributed by atoms with Crippen LogP contribution >= 0.6 is 23.1 Å². The second kappa shape index (κ2) is 7.13. The summed E-state index contributed by atoms with van der Waals surface area (Å²) < 4.78 is 1.73. The van der Waals surface area contributed by atoms with E-state index in [0.29, 0.717) is 23.9 Å². The summed E-state index contributed by atoms with van der Waals surface area (Å²) in [6.07, 6.45) is 2.25. The van der Waals surface area contributed by atoms with Crippen molar-refractivity contribution < 1.29 is 4.79 Å². The third kappa shape index (κ3) is 3.55. The second-order valence-corrected chi connectivity index (χ2v) is 7.80. The Morgan fingerprint density at radius 1 is 1.32 bits per heavy atom. The Balaban J connectivity index is 1.84. The van der Waals surface area contributed by atoms with E-state index in [-0.39, 0.29) is 5.91 Å². The highest BCUT2D eigenvalue weighted by molar-refractivity contribution is 7.98. The number of likely N-dealkylation sites (N-methyl/N-ethyl adjacent to an activating group) is 1. The van der Waals surface area contributed by atoms with Crippen molar-refractivity contribution in [3.05, 3.63) is 38.8 Å². The zero-order chi connectivity index (χ0) is 18.1. The van der Waals surface area contributed by atoms with E-state index in [1.54, 1.807) is 20.8 Å². The van der Waals surface area contributed by atoms with E-state index in [0.717, 1.165) is 17.0 Å². The van der Waals surface area contributed by atoms with Gasteiger partial charge < -0.3 is 4.90 Å². The molecule has 0 bridgehead atoms. The number of thiophene rings is 1. The summed E-state index contributed by atoms with van der Waals surface area (Å²) in [5.74, 6) is 0.656. The maximum atomic E-state index is 12.7. The molecule has 6 nitrogen and oxygen atoms in total. The van der Waals surface area contributed by atoms with Crippen LogP contribution in [0.1, 0.15) is 27.4 Å². The molecular weight excluding hydrogens is 354 g/mol. The Bertz CT molecular complexity index is 931. The highest BCUT2D eigenvalue weighted by Crippen LogP contribution is 2.20. The van der Waals surface area contributed by atoms with Gasteiger partial charge in [0.1, 0.15) is 0 Å². The summed E-state index contributed by atoms with van der Waals surface area (Å²) in [5.41, 5.74) is 3.90. The van der Waals surface area contributed by atoms with Crippen molar-refractivity contribution in [1.29, 1.82) is 0 Å². The summed E-state index contributed by atoms with van der Waals surface area (Å²) in [4.78, 5) is 24.6. The number of thioether (sulfide) groups is 1. The molecule has 25 heavy (non-hydrogen) atoms. The zero-order valence-electron chi connectivity index (χ0n) is 15.0. The van der Waals surface area contributed by atoms with Crippen LogP contribution in [0.4, 0.5) is 0 Å². The van der Waals surface area contributed by atoms with Gasteiger partial charge >= 0.3 is 0 Å². The first-order chi connectivity index (χ1) is 11.9. The maximum absolute atomic E-state index is 12.7. The van der Waals surface area contributed by atoms with Crippen molar-refractivity contribution in [2.45, 2.75) is 38.9 Å². The number of amides is 1. The molecule has 3 heterocycles. The summed E-state index contributed by atoms with van der Waals surface area (Å²) in [6.45, 7) is 6.60. The topological polar surface area (TPSA) is 63.4 Å². The molecule has 0 aliphatic rings. The zero-order valence-corrected chi connectivity index (χ0v) is 16.7. The van der Waals surface area contributed by atoms with E-state index >= 15 is 0 Å². The van der Waals surface area contributed by atoms with Gasteiger partial charge in [-0.1, -0.05) is 11.8 Å². The predicted molar refractivity (Wildman–Crippen MR) is 101 cm³/mol. The highest BCUT2D eigenvalue weighted by Gasteiger charge is 2.18. The van der Waals surface area contributed by atoms with E-state index in [1.165, 1.54) is 22.2 Å². The smallest absolute Gasteiger partial charge is 0.253 e. The molecule has 0 spiro atoms. The van der Waals surface area contributed by atoms with Crippen molar-refractivity contribution in [1.82, 2.24) is 24.5 Å². The summed E-state index contributed by atoms with van der Waals surface area (Å²) in [7, 11) is 1.85. The fourth-order valence-corrected chi connectivity index (χ4v) is 3.98. The van der Waals surface area contributed by atoms with Gasteiger partial charge in [0.2, 0.25) is 11.1 Å². The average Bonchev–Trinajstić information content (AvgIpc) is 3.17. The van der Waals surface area contributed by atoms with E-state index in [9.17, 15) is 4.79 Å². The second-order valence-electron chi connectivity index (χ2n) is 6.02. The molecule has 0 atom stereocenters. The van der Waals surface area contributed by atoms with Crippen LogP contribution in [0.15, 0.2) is 16.6 Å². The lowest BCUT2D eigenvalue weighted by molar-refractivity contribution is -0.129. The number of carbonyl (C=O) groups is 1. The molecule has 0 aliphatic carbocycles. The number of hydrogen-bond acceptors (Lipinski definition) is 6. The third-order valence-electron chi connectivity index (χ3n) is 4.31. The molecule has 132 valence electrons. The number of aryl methyl sites for hydroxylation is 3. The minimum absolute atomic E-state index is 0.0744. The quantitative estimate of drug-likeness (QED) is 0.642. The summed E-state index contributed by atoms with van der Waals surface area (Å²) in [5, 5.41) is 7.18. The number of fused-ring (bicyclic) bond motifs is 1. The average molecular weight is 376 g/mol. The third-order valence-corrected chi connectivity index (χ3v) is 5.86. The standard InChI is InChI=1S/C17H21N5OS2/c1-10-6-7-25-14(10)9-21(4)15(23)8-13-11(2)18-16-19-17(24-5)20-22(16)12(13)3/h6-7H,8-9H2,1-5H3. The van der Waals surface area contributed by atoms with Gasteiger partial charge in [0, 0.05) is 28.9 Å². The van der Waals surface area contributed by atoms with Crippen molar-refractivity contribution in [3.8, 4) is 0 Å². The monoisotopic (exact) mass is 375 g/mol. The number of aromatic nitrogens is 4. The van der Waals surface area contributed by atoms with Crippen molar-refractivity contribution in [2.24, 2.45) is 0 Å². The van der Waals surface area contributed by atoms with E-state index < -0.39 is 0 Å². The Hall–Kier alpha value is -1.93. The van der Waals surface area contributed by atoms with Crippen LogP contribution in [0.3, 0.4) is 0 Å². The molecule has 0 aromatic carbocycles. The number of carbonyl (C=O) groups excluding carboxylic acids is 1. The largest absolute Gasteiger partial charge is 0.340 e. The van der Waals surface area contributed by atoms with Crippen LogP contribution in [-0.2, 0) is 17.8 Å². The first kappa shape index (κ1) is 17.9. The van der Waals surface area contributed by atoms with Crippen LogP contribution in [0.2, 0.25) is 0 Å². The van der Waals surface area contributed by atoms with Gasteiger partial charge in [-0.2, -0.15) is 4.98 Å². The molecule has 0 N–H and O–H groups in total. The van der Waals surface area contributed by atoms with Gasteiger partial charge in [-0.15, -0.1) is 16.4 Å². The van der Waals surface area contributed by atoms with Gasteiger partial charge in [-0.05, 0) is 44.0 Å². The molecule has 3 rings (SSSR count). The Kier molecular flexibility index (Phi) is 5.10. The van der Waals surface area contributed by atoms with Crippen molar-refractivity contribution >= 4 is 34.8 Å². The van der Waals surface area contributed by atoms with Crippen LogP contribution in [0.25, 0.3) is 5.78 Å². The Labute approximate surface area is 155 Å². The van der Waals surface area contributed by atoms with Crippen LogP contribution in [0.5, 0.6) is 0 Å². The Morgan fingerprint density at radius 3 is 2.72 bits per heavy atom. The highest BCUT2D eigenvalue weighted by atomic mass is 32.2. The number of nitrogens with zero attached hydrogens (tertiary/aromatic N) is 5. The molecule has 0 aliphatic heterocycles. The molecule has 0 radical (unpaired) electrons. The fourth-order valence-electron chi connectivity index (χ4n) is 2.69. The van der Waals surface area contributed by atoms with Gasteiger partial charge in [-0.25, -0.2) is 9.50 Å². The molecular formula is C17H21N5OS2. The molecule has 0 saturated carbocycles. The summed E-state index contributed by atoms with van der Waals surface area (Å²) in [6, 6.07) is 2.08. The van der Waals surface area contributed by atoms with Crippen LogP contribution in [0, 0.1) is 20.8 Å². The minimum Gasteiger partial charge on any atom is -0.340 e. The van der Waals surface area contributed by atoms with Crippen molar-refractivity contribution in [2.75, 3.05) is 13.3 Å². The summed E-state index contributed by atoms with van der Waals surface area (Å²) >= 11 is 3.16. The number of rotatable bonds is 5. The van der Waals surface area contributed by atoms with Crippen LogP contribution < -0.4 is 0 Å². The molecule has 0 unspecified atom stereocenters. The minimum atomic E-state index is 0.0744. The normalized spacial score (nSPS) is 11.2. The molecule has 3 aromatic heterocycles. The molecule has 8 heteroatoms. The van der Waals surface area contributed by atoms with E-state index in [1.807, 2.05) is 27.2 Å².